The predicted molar refractivity (Wildman–Crippen MR) is 84.9 cm³/mol. The molecule has 0 bridgehead atoms. The van der Waals surface area contributed by atoms with E-state index >= 15 is 0 Å². The van der Waals surface area contributed by atoms with E-state index in [9.17, 15) is 4.79 Å². The van der Waals surface area contributed by atoms with Crippen molar-refractivity contribution >= 4 is 34.8 Å². The summed E-state index contributed by atoms with van der Waals surface area (Å²) in [6.07, 6.45) is 0. The van der Waals surface area contributed by atoms with E-state index in [0.29, 0.717) is 22.3 Å². The minimum atomic E-state index is -0.515. The largest absolute Gasteiger partial charge is 0.484 e. The van der Waals surface area contributed by atoms with Gasteiger partial charge in [0.15, 0.2) is 6.61 Å². The van der Waals surface area contributed by atoms with Gasteiger partial charge < -0.3 is 15.8 Å². The Labute approximate surface area is 132 Å². The molecule has 2 aromatic carbocycles. The number of primary amides is 1. The van der Waals surface area contributed by atoms with Crippen molar-refractivity contribution in [3.63, 3.8) is 0 Å². The van der Waals surface area contributed by atoms with Gasteiger partial charge >= 0.3 is 0 Å². The lowest BCUT2D eigenvalue weighted by Gasteiger charge is -2.10. The number of amides is 1. The van der Waals surface area contributed by atoms with Crippen molar-refractivity contribution in [1.82, 2.24) is 0 Å². The molecule has 2 aromatic rings. The number of ether oxygens (including phenoxy) is 1. The minimum Gasteiger partial charge on any atom is -0.484 e. The minimum absolute atomic E-state index is 0.149. The molecule has 2 rings (SSSR count). The molecule has 0 aliphatic carbocycles. The highest BCUT2D eigenvalue weighted by Crippen LogP contribution is 2.23. The van der Waals surface area contributed by atoms with Crippen LogP contribution in [-0.4, -0.2) is 12.5 Å². The maximum Gasteiger partial charge on any atom is 0.255 e. The molecule has 4 nitrogen and oxygen atoms in total. The summed E-state index contributed by atoms with van der Waals surface area (Å²) in [6, 6.07) is 12.5. The van der Waals surface area contributed by atoms with E-state index in [1.807, 2.05) is 18.2 Å². The number of halogens is 2. The van der Waals surface area contributed by atoms with Gasteiger partial charge in [-0.25, -0.2) is 0 Å². The molecule has 0 spiro atoms. The van der Waals surface area contributed by atoms with Gasteiger partial charge in [-0.2, -0.15) is 0 Å². The molecule has 0 heterocycles. The zero-order valence-corrected chi connectivity index (χ0v) is 12.6. The number of nitrogens with one attached hydrogen (secondary N) is 1. The average molecular weight is 325 g/mol. The summed E-state index contributed by atoms with van der Waals surface area (Å²) in [5.74, 6) is 0.0510. The first kappa shape index (κ1) is 15.5. The summed E-state index contributed by atoms with van der Waals surface area (Å²) in [5.41, 5.74) is 6.77. The van der Waals surface area contributed by atoms with Gasteiger partial charge in [0.2, 0.25) is 0 Å². The fourth-order valence-electron chi connectivity index (χ4n) is 1.73. The molecule has 0 fully saturated rings. The quantitative estimate of drug-likeness (QED) is 0.855. The molecular weight excluding hydrogens is 311 g/mol. The Kier molecular flexibility index (Phi) is 5.31. The highest BCUT2D eigenvalue weighted by Gasteiger charge is 2.03. The first-order chi connectivity index (χ1) is 10.0. The molecule has 1 amide bonds. The maximum atomic E-state index is 10.7. The molecule has 0 atom stereocenters. The topological polar surface area (TPSA) is 64.4 Å². The van der Waals surface area contributed by atoms with Gasteiger partial charge in [0.05, 0.1) is 0 Å². The van der Waals surface area contributed by atoms with Crippen molar-refractivity contribution in [2.45, 2.75) is 6.54 Å². The molecule has 0 aromatic heterocycles. The number of benzene rings is 2. The summed E-state index contributed by atoms with van der Waals surface area (Å²) in [7, 11) is 0. The Morgan fingerprint density at radius 2 is 2.00 bits per heavy atom. The van der Waals surface area contributed by atoms with Crippen LogP contribution < -0.4 is 15.8 Å². The highest BCUT2D eigenvalue weighted by atomic mass is 35.5. The van der Waals surface area contributed by atoms with Crippen LogP contribution in [0.15, 0.2) is 42.5 Å². The molecule has 21 heavy (non-hydrogen) atoms. The third-order valence-electron chi connectivity index (χ3n) is 2.71. The van der Waals surface area contributed by atoms with Crippen molar-refractivity contribution < 1.29 is 9.53 Å². The van der Waals surface area contributed by atoms with E-state index in [-0.39, 0.29) is 6.61 Å². The second-order valence-corrected chi connectivity index (χ2v) is 5.22. The number of hydrogen-bond acceptors (Lipinski definition) is 3. The maximum absolute atomic E-state index is 10.7. The lowest BCUT2D eigenvalue weighted by atomic mass is 10.2. The van der Waals surface area contributed by atoms with Crippen LogP contribution in [0.4, 0.5) is 5.69 Å². The van der Waals surface area contributed by atoms with Crippen molar-refractivity contribution in [1.29, 1.82) is 0 Å². The van der Waals surface area contributed by atoms with Crippen LogP contribution in [0.5, 0.6) is 5.75 Å². The van der Waals surface area contributed by atoms with Gasteiger partial charge in [-0.05, 0) is 35.9 Å². The molecule has 0 aliphatic rings. The molecule has 0 unspecified atom stereocenters. The molecule has 0 saturated carbocycles. The zero-order chi connectivity index (χ0) is 15.2. The van der Waals surface area contributed by atoms with E-state index < -0.39 is 5.91 Å². The van der Waals surface area contributed by atoms with Crippen LogP contribution in [0, 0.1) is 0 Å². The van der Waals surface area contributed by atoms with Crippen LogP contribution in [0.3, 0.4) is 0 Å². The lowest BCUT2D eigenvalue weighted by Crippen LogP contribution is -2.20. The number of rotatable bonds is 6. The summed E-state index contributed by atoms with van der Waals surface area (Å²) in [6.45, 7) is 0.377. The molecule has 6 heteroatoms. The Bertz CT molecular complexity index is 647. The first-order valence-corrected chi connectivity index (χ1v) is 6.99. The predicted octanol–water partition coefficient (Wildman–Crippen LogP) is 3.47. The van der Waals surface area contributed by atoms with Crippen LogP contribution >= 0.6 is 23.2 Å². The molecular formula is C15H14Cl2N2O2. The van der Waals surface area contributed by atoms with E-state index in [0.717, 1.165) is 11.3 Å². The summed E-state index contributed by atoms with van der Waals surface area (Å²) < 4.78 is 5.24. The van der Waals surface area contributed by atoms with Crippen molar-refractivity contribution in [2.75, 3.05) is 11.9 Å². The number of carbonyl (C=O) groups excluding carboxylic acids is 1. The fraction of sp³-hybridized carbons (Fsp3) is 0.133. The number of carbonyl (C=O) groups is 1. The van der Waals surface area contributed by atoms with Gasteiger partial charge in [-0.1, -0.05) is 29.3 Å². The third kappa shape index (κ3) is 4.85. The molecule has 0 aliphatic heterocycles. The Hall–Kier alpha value is -1.91. The fourth-order valence-corrected chi connectivity index (χ4v) is 2.11. The van der Waals surface area contributed by atoms with Crippen molar-refractivity contribution in [3.8, 4) is 5.75 Å². The normalized spacial score (nSPS) is 10.2. The average Bonchev–Trinajstić information content (AvgIpc) is 2.46. The summed E-state index contributed by atoms with van der Waals surface area (Å²) in [5, 5.41) is 4.50. The molecule has 110 valence electrons. The van der Waals surface area contributed by atoms with Crippen LogP contribution in [0.2, 0.25) is 10.0 Å². The van der Waals surface area contributed by atoms with Crippen molar-refractivity contribution in [3.05, 3.63) is 58.1 Å². The molecule has 0 saturated heterocycles. The van der Waals surface area contributed by atoms with Gasteiger partial charge in [-0.15, -0.1) is 0 Å². The second kappa shape index (κ2) is 7.20. The van der Waals surface area contributed by atoms with Gasteiger partial charge in [0.1, 0.15) is 5.75 Å². The van der Waals surface area contributed by atoms with E-state index in [4.69, 9.17) is 33.7 Å². The molecule has 0 radical (unpaired) electrons. The highest BCUT2D eigenvalue weighted by molar-refractivity contribution is 6.33. The van der Waals surface area contributed by atoms with Crippen LogP contribution in [0.25, 0.3) is 0 Å². The smallest absolute Gasteiger partial charge is 0.255 e. The monoisotopic (exact) mass is 324 g/mol. The summed E-state index contributed by atoms with van der Waals surface area (Å²) >= 11 is 12.0. The zero-order valence-electron chi connectivity index (χ0n) is 11.1. The SMILES string of the molecule is NC(=O)COc1cccc(NCc2cc(Cl)ccc2Cl)c1. The van der Waals surface area contributed by atoms with Gasteiger partial charge in [-0.3, -0.25) is 4.79 Å². The first-order valence-electron chi connectivity index (χ1n) is 6.23. The van der Waals surface area contributed by atoms with Gasteiger partial charge in [0.25, 0.3) is 5.91 Å². The van der Waals surface area contributed by atoms with Crippen molar-refractivity contribution in [2.24, 2.45) is 5.73 Å². The standard InChI is InChI=1S/C15H14Cl2N2O2/c16-11-4-5-14(17)10(6-11)8-19-12-2-1-3-13(7-12)21-9-15(18)20/h1-7,19H,8-9H2,(H2,18,20). The third-order valence-corrected chi connectivity index (χ3v) is 3.31. The number of hydrogen-bond donors (Lipinski definition) is 2. The van der Waals surface area contributed by atoms with E-state index in [1.54, 1.807) is 24.3 Å². The van der Waals surface area contributed by atoms with E-state index in [1.165, 1.54) is 0 Å². The number of nitrogens with two attached hydrogens (primary N) is 1. The van der Waals surface area contributed by atoms with E-state index in [2.05, 4.69) is 5.32 Å². The van der Waals surface area contributed by atoms with Gasteiger partial charge in [0, 0.05) is 28.3 Å². The Balaban J connectivity index is 2.01. The Morgan fingerprint density at radius 1 is 1.19 bits per heavy atom. The number of anilines is 1. The van der Waals surface area contributed by atoms with Crippen LogP contribution in [-0.2, 0) is 11.3 Å². The van der Waals surface area contributed by atoms with Crippen LogP contribution in [0.1, 0.15) is 5.56 Å². The second-order valence-electron chi connectivity index (χ2n) is 4.37. The lowest BCUT2D eigenvalue weighted by molar-refractivity contribution is -0.119. The Morgan fingerprint density at radius 3 is 2.76 bits per heavy atom. The molecule has 3 N–H and O–H groups in total. The summed E-state index contributed by atoms with van der Waals surface area (Å²) in [4.78, 5) is 10.7.